The van der Waals surface area contributed by atoms with Gasteiger partial charge in [0.05, 0.1) is 11.5 Å². The molecule has 2 aliphatic heterocycles. The highest BCUT2D eigenvalue weighted by atomic mass is 32.1. The number of carbonyl (C=O) groups excluding carboxylic acids is 1. The minimum absolute atomic E-state index is 0.0253. The van der Waals surface area contributed by atoms with E-state index >= 15 is 0 Å². The summed E-state index contributed by atoms with van der Waals surface area (Å²) in [5.74, 6) is 1.14. The number of nitrogens with zero attached hydrogens (tertiary/aromatic N) is 1. The molecule has 1 spiro atoms. The quantitative estimate of drug-likeness (QED) is 0.735. The Labute approximate surface area is 162 Å². The highest BCUT2D eigenvalue weighted by Crippen LogP contribution is 2.46. The van der Waals surface area contributed by atoms with E-state index in [0.717, 1.165) is 47.5 Å². The van der Waals surface area contributed by atoms with Gasteiger partial charge in [-0.05, 0) is 42.0 Å². The number of rotatable bonds is 2. The lowest BCUT2D eigenvalue weighted by molar-refractivity contribution is 0.0651. The number of fused-ring (bicyclic) bond motifs is 3. The Morgan fingerprint density at radius 2 is 1.96 bits per heavy atom. The lowest BCUT2D eigenvalue weighted by Gasteiger charge is -2.38. The van der Waals surface area contributed by atoms with Crippen molar-refractivity contribution in [2.24, 2.45) is 5.73 Å². The predicted octanol–water partition coefficient (Wildman–Crippen LogP) is 3.93. The molecule has 1 fully saturated rings. The Morgan fingerprint density at radius 3 is 2.74 bits per heavy atom. The van der Waals surface area contributed by atoms with E-state index in [9.17, 15) is 4.79 Å². The first-order valence-electron chi connectivity index (χ1n) is 9.43. The number of nitrogens with two attached hydrogens (primary N) is 1. The van der Waals surface area contributed by atoms with E-state index in [1.165, 1.54) is 10.3 Å². The SMILES string of the molecule is NCc1ccc2c(c1)C1(CCN(C(=O)c3cc4ccccc4s3)CC1)CO2. The van der Waals surface area contributed by atoms with Gasteiger partial charge in [0.1, 0.15) is 5.75 Å². The molecule has 0 unspecified atom stereocenters. The van der Waals surface area contributed by atoms with Crippen molar-refractivity contribution >= 4 is 27.3 Å². The summed E-state index contributed by atoms with van der Waals surface area (Å²) in [5.41, 5.74) is 8.27. The van der Waals surface area contributed by atoms with Crippen LogP contribution in [-0.4, -0.2) is 30.5 Å². The molecule has 1 amide bonds. The minimum atomic E-state index is 0.0253. The molecule has 0 bridgehead atoms. The van der Waals surface area contributed by atoms with Crippen LogP contribution >= 0.6 is 11.3 Å². The van der Waals surface area contributed by atoms with Gasteiger partial charge in [-0.1, -0.05) is 30.3 Å². The highest BCUT2D eigenvalue weighted by molar-refractivity contribution is 7.20. The summed E-state index contributed by atoms with van der Waals surface area (Å²) >= 11 is 1.59. The summed E-state index contributed by atoms with van der Waals surface area (Å²) in [5, 5.41) is 1.15. The molecule has 1 saturated heterocycles. The number of carbonyl (C=O) groups is 1. The molecule has 1 aromatic heterocycles. The van der Waals surface area contributed by atoms with Crippen LogP contribution in [0.4, 0.5) is 0 Å². The lowest BCUT2D eigenvalue weighted by atomic mass is 9.74. The Morgan fingerprint density at radius 1 is 1.15 bits per heavy atom. The zero-order valence-corrected chi connectivity index (χ0v) is 15.9. The van der Waals surface area contributed by atoms with Crippen LogP contribution in [0.25, 0.3) is 10.1 Å². The second kappa shape index (κ2) is 6.36. The lowest BCUT2D eigenvalue weighted by Crippen LogP contribution is -2.45. The second-order valence-corrected chi connectivity index (χ2v) is 8.63. The number of piperidine rings is 1. The van der Waals surface area contributed by atoms with E-state index in [2.05, 4.69) is 18.2 Å². The third-order valence-corrected chi connectivity index (χ3v) is 7.10. The van der Waals surface area contributed by atoms with E-state index < -0.39 is 0 Å². The van der Waals surface area contributed by atoms with E-state index in [4.69, 9.17) is 10.5 Å². The Hall–Kier alpha value is -2.37. The minimum Gasteiger partial charge on any atom is -0.492 e. The largest absolute Gasteiger partial charge is 0.492 e. The molecule has 27 heavy (non-hydrogen) atoms. The molecule has 0 aliphatic carbocycles. The number of ether oxygens (including phenoxy) is 1. The summed E-state index contributed by atoms with van der Waals surface area (Å²) in [6, 6.07) is 16.5. The molecule has 4 nitrogen and oxygen atoms in total. The molecule has 5 rings (SSSR count). The Balaban J connectivity index is 1.36. The molecular formula is C22H22N2O2S. The van der Waals surface area contributed by atoms with Gasteiger partial charge >= 0.3 is 0 Å². The smallest absolute Gasteiger partial charge is 0.263 e. The fraction of sp³-hybridized carbons (Fsp3) is 0.318. The maximum atomic E-state index is 13.0. The van der Waals surface area contributed by atoms with Crippen molar-refractivity contribution in [3.63, 3.8) is 0 Å². The fourth-order valence-electron chi connectivity index (χ4n) is 4.33. The van der Waals surface area contributed by atoms with E-state index in [-0.39, 0.29) is 11.3 Å². The first kappa shape index (κ1) is 16.8. The van der Waals surface area contributed by atoms with Gasteiger partial charge in [0.2, 0.25) is 0 Å². The third-order valence-electron chi connectivity index (χ3n) is 6.00. The van der Waals surface area contributed by atoms with Gasteiger partial charge < -0.3 is 15.4 Å². The van der Waals surface area contributed by atoms with E-state index in [1.54, 1.807) is 11.3 Å². The van der Waals surface area contributed by atoms with E-state index in [1.807, 2.05) is 35.2 Å². The van der Waals surface area contributed by atoms with Gasteiger partial charge in [-0.3, -0.25) is 4.79 Å². The van der Waals surface area contributed by atoms with Gasteiger partial charge in [0.25, 0.3) is 5.91 Å². The average molecular weight is 378 g/mol. The molecule has 2 N–H and O–H groups in total. The number of benzene rings is 2. The Bertz CT molecular complexity index is 985. The van der Waals surface area contributed by atoms with Crippen LogP contribution in [-0.2, 0) is 12.0 Å². The van der Waals surface area contributed by atoms with Crippen LogP contribution in [0.3, 0.4) is 0 Å². The average Bonchev–Trinajstić information content (AvgIpc) is 3.30. The molecule has 3 heterocycles. The molecule has 5 heteroatoms. The van der Waals surface area contributed by atoms with Crippen molar-refractivity contribution in [1.82, 2.24) is 4.90 Å². The van der Waals surface area contributed by atoms with Crippen LogP contribution in [0.5, 0.6) is 5.75 Å². The topological polar surface area (TPSA) is 55.6 Å². The van der Waals surface area contributed by atoms with Crippen molar-refractivity contribution in [2.75, 3.05) is 19.7 Å². The Kier molecular flexibility index (Phi) is 3.95. The van der Waals surface area contributed by atoms with Crippen molar-refractivity contribution < 1.29 is 9.53 Å². The maximum absolute atomic E-state index is 13.0. The molecule has 2 aromatic carbocycles. The van der Waals surface area contributed by atoms with E-state index in [0.29, 0.717) is 13.2 Å². The normalized spacial score (nSPS) is 17.9. The predicted molar refractivity (Wildman–Crippen MR) is 108 cm³/mol. The maximum Gasteiger partial charge on any atom is 0.263 e. The monoisotopic (exact) mass is 378 g/mol. The first-order chi connectivity index (χ1) is 13.2. The summed E-state index contributed by atoms with van der Waals surface area (Å²) < 4.78 is 7.14. The standard InChI is InChI=1S/C22H22N2O2S/c23-13-15-5-6-18-17(11-15)22(14-26-18)7-9-24(10-8-22)21(25)20-12-16-3-1-2-4-19(16)27-20/h1-6,11-12H,7-10,13-14,23H2. The number of likely N-dealkylation sites (tertiary alicyclic amines) is 1. The van der Waals surface area contributed by atoms with Gasteiger partial charge in [0, 0.05) is 35.3 Å². The number of thiophene rings is 1. The molecule has 2 aliphatic rings. The van der Waals surface area contributed by atoms with Crippen LogP contribution in [0.2, 0.25) is 0 Å². The van der Waals surface area contributed by atoms with Crippen molar-refractivity contribution in [2.45, 2.75) is 24.8 Å². The van der Waals surface area contributed by atoms with Gasteiger partial charge in [-0.2, -0.15) is 0 Å². The molecule has 138 valence electrons. The first-order valence-corrected chi connectivity index (χ1v) is 10.2. The fourth-order valence-corrected chi connectivity index (χ4v) is 5.36. The number of hydrogen-bond donors (Lipinski definition) is 1. The van der Waals surface area contributed by atoms with Crippen LogP contribution in [0.1, 0.15) is 33.6 Å². The molecule has 0 saturated carbocycles. The summed E-state index contributed by atoms with van der Waals surface area (Å²) in [4.78, 5) is 15.8. The molecule has 3 aromatic rings. The zero-order chi connectivity index (χ0) is 18.4. The summed E-state index contributed by atoms with van der Waals surface area (Å²) in [6.07, 6.45) is 1.87. The zero-order valence-electron chi connectivity index (χ0n) is 15.1. The van der Waals surface area contributed by atoms with Crippen molar-refractivity contribution in [3.8, 4) is 5.75 Å². The van der Waals surface area contributed by atoms with Gasteiger partial charge in [0.15, 0.2) is 0 Å². The molecule has 0 atom stereocenters. The van der Waals surface area contributed by atoms with Crippen LogP contribution < -0.4 is 10.5 Å². The second-order valence-electron chi connectivity index (χ2n) is 7.54. The van der Waals surface area contributed by atoms with Gasteiger partial charge in [-0.25, -0.2) is 0 Å². The van der Waals surface area contributed by atoms with Crippen molar-refractivity contribution in [3.05, 3.63) is 64.5 Å². The van der Waals surface area contributed by atoms with Crippen molar-refractivity contribution in [1.29, 1.82) is 0 Å². The number of amides is 1. The molecule has 0 radical (unpaired) electrons. The summed E-state index contributed by atoms with van der Waals surface area (Å²) in [7, 11) is 0. The summed E-state index contributed by atoms with van der Waals surface area (Å²) in [6.45, 7) is 2.78. The highest BCUT2D eigenvalue weighted by Gasteiger charge is 2.44. The third kappa shape index (κ3) is 2.73. The van der Waals surface area contributed by atoms with Crippen LogP contribution in [0.15, 0.2) is 48.5 Å². The molecular weight excluding hydrogens is 356 g/mol. The number of hydrogen-bond acceptors (Lipinski definition) is 4. The van der Waals surface area contributed by atoms with Gasteiger partial charge in [-0.15, -0.1) is 11.3 Å². The van der Waals surface area contributed by atoms with Crippen LogP contribution in [0, 0.1) is 0 Å².